The number of nitrogens with two attached hydrogens (primary N) is 1. The highest BCUT2D eigenvalue weighted by Gasteiger charge is 2.09. The molecule has 2 aromatic carbocycles. The Kier molecular flexibility index (Phi) is 5.24. The van der Waals surface area contributed by atoms with E-state index in [9.17, 15) is 4.79 Å². The van der Waals surface area contributed by atoms with E-state index in [-0.39, 0.29) is 5.63 Å². The van der Waals surface area contributed by atoms with Crippen molar-refractivity contribution in [1.29, 1.82) is 0 Å². The van der Waals surface area contributed by atoms with Gasteiger partial charge in [-0.2, -0.15) is 0 Å². The molecule has 0 atom stereocenters. The lowest BCUT2D eigenvalue weighted by atomic mass is 10.0. The molecule has 25 heavy (non-hydrogen) atoms. The third-order valence-corrected chi connectivity index (χ3v) is 4.96. The number of amidine groups is 1. The molecule has 4 nitrogen and oxygen atoms in total. The minimum atomic E-state index is -0.342. The van der Waals surface area contributed by atoms with Gasteiger partial charge in [-0.05, 0) is 48.2 Å². The third kappa shape index (κ3) is 4.31. The Balaban J connectivity index is 1.78. The van der Waals surface area contributed by atoms with Crippen LogP contribution in [0.2, 0.25) is 0 Å². The second-order valence-electron chi connectivity index (χ2n) is 5.95. The topological polar surface area (TPSA) is 68.6 Å². The van der Waals surface area contributed by atoms with Crippen molar-refractivity contribution in [2.75, 3.05) is 0 Å². The molecule has 0 bridgehead atoms. The van der Waals surface area contributed by atoms with Crippen molar-refractivity contribution in [3.8, 4) is 0 Å². The zero-order chi connectivity index (χ0) is 17.8. The van der Waals surface area contributed by atoms with Crippen molar-refractivity contribution in [2.24, 2.45) is 10.7 Å². The van der Waals surface area contributed by atoms with Crippen molar-refractivity contribution < 1.29 is 4.42 Å². The molecule has 1 aromatic heterocycles. The van der Waals surface area contributed by atoms with E-state index in [1.165, 1.54) is 23.4 Å². The Hall–Kier alpha value is -2.53. The molecule has 3 aromatic rings. The smallest absolute Gasteiger partial charge is 0.336 e. The molecule has 0 aliphatic carbocycles. The van der Waals surface area contributed by atoms with Crippen LogP contribution >= 0.6 is 11.8 Å². The number of rotatable bonds is 4. The number of thioether (sulfide) groups is 1. The van der Waals surface area contributed by atoms with Gasteiger partial charge in [0.05, 0.1) is 6.54 Å². The fraction of sp³-hybridized carbons (Fsp3) is 0.200. The summed E-state index contributed by atoms with van der Waals surface area (Å²) in [5.74, 6) is 0.578. The predicted octanol–water partition coefficient (Wildman–Crippen LogP) is 4.16. The lowest BCUT2D eigenvalue weighted by Crippen LogP contribution is -2.08. The quantitative estimate of drug-likeness (QED) is 0.435. The normalized spacial score (nSPS) is 11.8. The summed E-state index contributed by atoms with van der Waals surface area (Å²) in [6.45, 7) is 4.60. The van der Waals surface area contributed by atoms with E-state index in [2.05, 4.69) is 11.1 Å². The fourth-order valence-corrected chi connectivity index (χ4v) is 3.25. The maximum atomic E-state index is 11.8. The molecule has 0 radical (unpaired) electrons. The number of fused-ring (bicyclic) bond motifs is 1. The van der Waals surface area contributed by atoms with Gasteiger partial charge in [0, 0.05) is 17.2 Å². The molecule has 1 heterocycles. The van der Waals surface area contributed by atoms with E-state index in [0.717, 1.165) is 22.1 Å². The maximum absolute atomic E-state index is 11.8. The number of hydrogen-bond acceptors (Lipinski definition) is 4. The van der Waals surface area contributed by atoms with Crippen LogP contribution in [0.4, 0.5) is 0 Å². The van der Waals surface area contributed by atoms with Crippen LogP contribution in [0.1, 0.15) is 22.3 Å². The Bertz CT molecular complexity index is 978. The van der Waals surface area contributed by atoms with Gasteiger partial charge in [-0.3, -0.25) is 4.99 Å². The van der Waals surface area contributed by atoms with Gasteiger partial charge < -0.3 is 10.2 Å². The molecular formula is C20H20N2O2S. The van der Waals surface area contributed by atoms with E-state index in [4.69, 9.17) is 10.2 Å². The average molecular weight is 352 g/mol. The first kappa shape index (κ1) is 17.3. The van der Waals surface area contributed by atoms with Crippen molar-refractivity contribution in [3.63, 3.8) is 0 Å². The summed E-state index contributed by atoms with van der Waals surface area (Å²) in [6, 6.07) is 15.5. The van der Waals surface area contributed by atoms with Crippen LogP contribution in [-0.2, 0) is 12.3 Å². The van der Waals surface area contributed by atoms with Crippen molar-refractivity contribution >= 4 is 27.9 Å². The molecule has 2 N–H and O–H groups in total. The van der Waals surface area contributed by atoms with E-state index in [1.807, 2.05) is 50.2 Å². The zero-order valence-electron chi connectivity index (χ0n) is 14.3. The molecule has 0 saturated heterocycles. The van der Waals surface area contributed by atoms with Crippen LogP contribution in [-0.4, -0.2) is 5.17 Å². The standard InChI is InChI=1S/C20H20N2O2S/c1-13-8-17-16(10-19(23)24-18(17)9-14(13)2)12-25-20(21)22-11-15-6-4-3-5-7-15/h3-10H,11-12H2,1-2H3,(H2,21,22). The van der Waals surface area contributed by atoms with E-state index < -0.39 is 0 Å². The highest BCUT2D eigenvalue weighted by molar-refractivity contribution is 8.13. The Morgan fingerprint density at radius 1 is 1.12 bits per heavy atom. The monoisotopic (exact) mass is 352 g/mol. The molecule has 3 rings (SSSR count). The first-order valence-electron chi connectivity index (χ1n) is 8.03. The molecule has 0 aliphatic rings. The molecule has 0 saturated carbocycles. The molecule has 0 fully saturated rings. The zero-order valence-corrected chi connectivity index (χ0v) is 15.1. The van der Waals surface area contributed by atoms with Crippen molar-refractivity contribution in [3.05, 3.63) is 81.2 Å². The predicted molar refractivity (Wildman–Crippen MR) is 105 cm³/mol. The van der Waals surface area contributed by atoms with Gasteiger partial charge in [0.2, 0.25) is 0 Å². The fourth-order valence-electron chi connectivity index (χ4n) is 2.55. The highest BCUT2D eigenvalue weighted by atomic mass is 32.2. The van der Waals surface area contributed by atoms with Crippen molar-refractivity contribution in [1.82, 2.24) is 0 Å². The number of benzene rings is 2. The molecule has 5 heteroatoms. The lowest BCUT2D eigenvalue weighted by molar-refractivity contribution is 0.559. The molecule has 0 amide bonds. The van der Waals surface area contributed by atoms with E-state index >= 15 is 0 Å². The lowest BCUT2D eigenvalue weighted by Gasteiger charge is -2.08. The van der Waals surface area contributed by atoms with Gasteiger partial charge in [-0.25, -0.2) is 4.79 Å². The highest BCUT2D eigenvalue weighted by Crippen LogP contribution is 2.24. The van der Waals surface area contributed by atoms with Gasteiger partial charge >= 0.3 is 5.63 Å². The van der Waals surface area contributed by atoms with Gasteiger partial charge in [0.25, 0.3) is 0 Å². The molecular weight excluding hydrogens is 332 g/mol. The van der Waals surface area contributed by atoms with Gasteiger partial charge in [0.1, 0.15) is 5.58 Å². The minimum Gasteiger partial charge on any atom is -0.423 e. The second-order valence-corrected chi connectivity index (χ2v) is 6.95. The number of nitrogens with zero attached hydrogens (tertiary/aromatic N) is 1. The van der Waals surface area contributed by atoms with Crippen LogP contribution in [0, 0.1) is 13.8 Å². The number of aliphatic imine (C=N–C) groups is 1. The van der Waals surface area contributed by atoms with Crippen molar-refractivity contribution in [2.45, 2.75) is 26.1 Å². The molecule has 0 aliphatic heterocycles. The number of aryl methyl sites for hydroxylation is 2. The van der Waals surface area contributed by atoms with E-state index in [0.29, 0.717) is 23.0 Å². The average Bonchev–Trinajstić information content (AvgIpc) is 2.60. The first-order chi connectivity index (χ1) is 12.0. The Morgan fingerprint density at radius 3 is 2.60 bits per heavy atom. The van der Waals surface area contributed by atoms with Gasteiger partial charge in [-0.1, -0.05) is 42.1 Å². The second kappa shape index (κ2) is 7.57. The SMILES string of the molecule is Cc1cc2oc(=O)cc(CSC(N)=NCc3ccccc3)c2cc1C. The molecule has 0 spiro atoms. The van der Waals surface area contributed by atoms with Crippen LogP contribution in [0.5, 0.6) is 0 Å². The van der Waals surface area contributed by atoms with Crippen LogP contribution in [0.3, 0.4) is 0 Å². The molecule has 0 unspecified atom stereocenters. The summed E-state index contributed by atoms with van der Waals surface area (Å²) in [5, 5.41) is 1.46. The first-order valence-corrected chi connectivity index (χ1v) is 9.02. The number of hydrogen-bond donors (Lipinski definition) is 1. The Labute approximate surface area is 150 Å². The van der Waals surface area contributed by atoms with Crippen LogP contribution < -0.4 is 11.4 Å². The minimum absolute atomic E-state index is 0.342. The largest absolute Gasteiger partial charge is 0.423 e. The maximum Gasteiger partial charge on any atom is 0.336 e. The summed E-state index contributed by atoms with van der Waals surface area (Å²) >= 11 is 1.43. The van der Waals surface area contributed by atoms with Gasteiger partial charge in [-0.15, -0.1) is 0 Å². The molecule has 128 valence electrons. The third-order valence-electron chi connectivity index (χ3n) is 4.08. The van der Waals surface area contributed by atoms with Crippen LogP contribution in [0.15, 0.2) is 62.7 Å². The summed E-state index contributed by atoms with van der Waals surface area (Å²) in [5.41, 5.74) is 10.6. The Morgan fingerprint density at radius 2 is 1.84 bits per heavy atom. The summed E-state index contributed by atoms with van der Waals surface area (Å²) < 4.78 is 5.32. The van der Waals surface area contributed by atoms with Gasteiger partial charge in [0.15, 0.2) is 5.17 Å². The van der Waals surface area contributed by atoms with Crippen LogP contribution in [0.25, 0.3) is 11.0 Å². The summed E-state index contributed by atoms with van der Waals surface area (Å²) in [4.78, 5) is 16.2. The summed E-state index contributed by atoms with van der Waals surface area (Å²) in [7, 11) is 0. The summed E-state index contributed by atoms with van der Waals surface area (Å²) in [6.07, 6.45) is 0. The van der Waals surface area contributed by atoms with E-state index in [1.54, 1.807) is 0 Å².